The highest BCUT2D eigenvalue weighted by atomic mass is 19.1. The van der Waals surface area contributed by atoms with E-state index in [2.05, 4.69) is 5.32 Å². The molecule has 7 heteroatoms. The topological polar surface area (TPSA) is 86.6 Å². The summed E-state index contributed by atoms with van der Waals surface area (Å²) >= 11 is 0. The molecular weight excluding hydrogens is 260 g/mol. The van der Waals surface area contributed by atoms with E-state index in [9.17, 15) is 18.4 Å². The first kappa shape index (κ1) is 14.9. The summed E-state index contributed by atoms with van der Waals surface area (Å²) < 4.78 is 26.0. The zero-order chi connectivity index (χ0) is 14.6. The van der Waals surface area contributed by atoms with Gasteiger partial charge in [-0.05, 0) is 18.6 Å². The predicted molar refractivity (Wildman–Crippen MR) is 61.8 cm³/mol. The van der Waals surface area contributed by atoms with Crippen LogP contribution in [-0.4, -0.2) is 28.6 Å². The Labute approximate surface area is 107 Å². The third kappa shape index (κ3) is 3.90. The number of amides is 1. The molecule has 0 aliphatic heterocycles. The van der Waals surface area contributed by atoms with Crippen molar-refractivity contribution in [3.63, 3.8) is 0 Å². The second-order valence-electron chi connectivity index (χ2n) is 4.07. The second-order valence-corrected chi connectivity index (χ2v) is 4.07. The first-order chi connectivity index (χ1) is 8.82. The molecule has 0 aromatic heterocycles. The number of rotatable bonds is 5. The Morgan fingerprint density at radius 3 is 2.32 bits per heavy atom. The molecule has 0 aliphatic rings. The van der Waals surface area contributed by atoms with Crippen molar-refractivity contribution >= 4 is 11.9 Å². The Bertz CT molecular complexity index is 481. The zero-order valence-electron chi connectivity index (χ0n) is 10.1. The first-order valence-corrected chi connectivity index (χ1v) is 5.52. The summed E-state index contributed by atoms with van der Waals surface area (Å²) in [5, 5.41) is 19.8. The summed E-state index contributed by atoms with van der Waals surface area (Å²) in [5.41, 5.74) is -0.282. The van der Waals surface area contributed by atoms with Crippen molar-refractivity contribution in [1.82, 2.24) is 5.32 Å². The summed E-state index contributed by atoms with van der Waals surface area (Å²) in [7, 11) is 0. The van der Waals surface area contributed by atoms with Gasteiger partial charge in [0.15, 0.2) is 17.4 Å². The number of halogens is 2. The van der Waals surface area contributed by atoms with Crippen LogP contribution in [0.4, 0.5) is 8.78 Å². The molecule has 19 heavy (non-hydrogen) atoms. The third-order valence-corrected chi connectivity index (χ3v) is 2.56. The Kier molecular flexibility index (Phi) is 4.80. The van der Waals surface area contributed by atoms with Crippen molar-refractivity contribution in [2.24, 2.45) is 5.92 Å². The SMILES string of the molecule is C[C@H](CCNC(=O)c1cc(F)c(O)c(F)c1)C(=O)O. The predicted octanol–water partition coefficient (Wildman–Crippen LogP) is 1.51. The fraction of sp³-hybridized carbons (Fsp3) is 0.333. The number of carboxylic acids is 1. The number of phenols is 1. The van der Waals surface area contributed by atoms with Gasteiger partial charge in [0.25, 0.3) is 5.91 Å². The monoisotopic (exact) mass is 273 g/mol. The van der Waals surface area contributed by atoms with Gasteiger partial charge in [0, 0.05) is 12.1 Å². The van der Waals surface area contributed by atoms with E-state index in [0.717, 1.165) is 0 Å². The van der Waals surface area contributed by atoms with E-state index in [-0.39, 0.29) is 18.5 Å². The van der Waals surface area contributed by atoms with Crippen LogP contribution in [-0.2, 0) is 4.79 Å². The molecule has 1 aromatic rings. The lowest BCUT2D eigenvalue weighted by Gasteiger charge is -2.08. The lowest BCUT2D eigenvalue weighted by Crippen LogP contribution is -2.27. The normalized spacial score (nSPS) is 11.9. The van der Waals surface area contributed by atoms with Crippen LogP contribution in [0.5, 0.6) is 5.75 Å². The molecule has 0 radical (unpaired) electrons. The first-order valence-electron chi connectivity index (χ1n) is 5.52. The summed E-state index contributed by atoms with van der Waals surface area (Å²) in [4.78, 5) is 22.1. The van der Waals surface area contributed by atoms with Crippen molar-refractivity contribution in [3.05, 3.63) is 29.3 Å². The van der Waals surface area contributed by atoms with Gasteiger partial charge in [-0.3, -0.25) is 9.59 Å². The van der Waals surface area contributed by atoms with Gasteiger partial charge in [0.2, 0.25) is 0 Å². The molecule has 0 heterocycles. The smallest absolute Gasteiger partial charge is 0.306 e. The van der Waals surface area contributed by atoms with E-state index in [1.807, 2.05) is 0 Å². The molecule has 0 bridgehead atoms. The zero-order valence-corrected chi connectivity index (χ0v) is 10.1. The van der Waals surface area contributed by atoms with Crippen molar-refractivity contribution in [2.75, 3.05) is 6.54 Å². The number of aromatic hydroxyl groups is 1. The Hall–Kier alpha value is -2.18. The van der Waals surface area contributed by atoms with Crippen LogP contribution in [0.3, 0.4) is 0 Å². The highest BCUT2D eigenvalue weighted by Gasteiger charge is 2.15. The van der Waals surface area contributed by atoms with E-state index in [4.69, 9.17) is 10.2 Å². The van der Waals surface area contributed by atoms with Gasteiger partial charge in [0.05, 0.1) is 5.92 Å². The third-order valence-electron chi connectivity index (χ3n) is 2.56. The van der Waals surface area contributed by atoms with Gasteiger partial charge in [-0.2, -0.15) is 0 Å². The molecular formula is C12H13F2NO4. The van der Waals surface area contributed by atoms with E-state index >= 15 is 0 Å². The van der Waals surface area contributed by atoms with Gasteiger partial charge in [0.1, 0.15) is 0 Å². The number of hydrogen-bond donors (Lipinski definition) is 3. The molecule has 1 aromatic carbocycles. The van der Waals surface area contributed by atoms with Crippen LogP contribution in [0.15, 0.2) is 12.1 Å². The number of carboxylic acid groups (broad SMARTS) is 1. The number of hydrogen-bond acceptors (Lipinski definition) is 3. The molecule has 0 spiro atoms. The van der Waals surface area contributed by atoms with Crippen molar-refractivity contribution < 1.29 is 28.6 Å². The summed E-state index contributed by atoms with van der Waals surface area (Å²) in [6.07, 6.45) is 0.199. The maximum atomic E-state index is 13.0. The molecule has 0 fully saturated rings. The number of benzene rings is 1. The van der Waals surface area contributed by atoms with E-state index < -0.39 is 35.2 Å². The molecule has 104 valence electrons. The highest BCUT2D eigenvalue weighted by Crippen LogP contribution is 2.21. The summed E-state index contributed by atoms with van der Waals surface area (Å²) in [6.45, 7) is 1.55. The van der Waals surface area contributed by atoms with Crippen LogP contribution in [0, 0.1) is 17.6 Å². The molecule has 0 aliphatic carbocycles. The molecule has 1 rings (SSSR count). The van der Waals surface area contributed by atoms with Gasteiger partial charge in [-0.25, -0.2) is 8.78 Å². The van der Waals surface area contributed by atoms with Crippen LogP contribution in [0.2, 0.25) is 0 Å². The molecule has 0 saturated carbocycles. The molecule has 3 N–H and O–H groups in total. The molecule has 5 nitrogen and oxygen atoms in total. The van der Waals surface area contributed by atoms with Crippen LogP contribution in [0.25, 0.3) is 0 Å². The standard InChI is InChI=1S/C12H13F2NO4/c1-6(12(18)19)2-3-15-11(17)7-4-8(13)10(16)9(14)5-7/h4-6,16H,2-3H2,1H3,(H,15,17)(H,18,19)/t6-/m1/s1. The van der Waals surface area contributed by atoms with Gasteiger partial charge < -0.3 is 15.5 Å². The van der Waals surface area contributed by atoms with E-state index in [0.29, 0.717) is 12.1 Å². The van der Waals surface area contributed by atoms with Crippen LogP contribution in [0.1, 0.15) is 23.7 Å². The van der Waals surface area contributed by atoms with Gasteiger partial charge in [-0.1, -0.05) is 6.92 Å². The Morgan fingerprint density at radius 1 is 1.32 bits per heavy atom. The number of phenolic OH excluding ortho intramolecular Hbond substituents is 1. The maximum absolute atomic E-state index is 13.0. The molecule has 1 amide bonds. The number of aliphatic carboxylic acids is 1. The van der Waals surface area contributed by atoms with Crippen LogP contribution < -0.4 is 5.32 Å². The van der Waals surface area contributed by atoms with E-state index in [1.54, 1.807) is 0 Å². The average Bonchev–Trinajstić information content (AvgIpc) is 2.34. The summed E-state index contributed by atoms with van der Waals surface area (Å²) in [5.74, 6) is -5.97. The number of nitrogens with one attached hydrogen (secondary N) is 1. The fourth-order valence-corrected chi connectivity index (χ4v) is 1.32. The minimum atomic E-state index is -1.23. The van der Waals surface area contributed by atoms with Gasteiger partial charge >= 0.3 is 5.97 Å². The molecule has 1 atom stereocenters. The Balaban J connectivity index is 2.62. The number of carbonyl (C=O) groups is 2. The van der Waals surface area contributed by atoms with E-state index in [1.165, 1.54) is 6.92 Å². The maximum Gasteiger partial charge on any atom is 0.306 e. The fourth-order valence-electron chi connectivity index (χ4n) is 1.32. The average molecular weight is 273 g/mol. The minimum absolute atomic E-state index is 0.0659. The summed E-state index contributed by atoms with van der Waals surface area (Å²) in [6, 6.07) is 1.41. The molecule has 0 saturated heterocycles. The number of carbonyl (C=O) groups excluding carboxylic acids is 1. The minimum Gasteiger partial charge on any atom is -0.503 e. The quantitative estimate of drug-likeness (QED) is 0.759. The molecule has 0 unspecified atom stereocenters. The van der Waals surface area contributed by atoms with Crippen molar-refractivity contribution in [1.29, 1.82) is 0 Å². The van der Waals surface area contributed by atoms with Crippen molar-refractivity contribution in [3.8, 4) is 5.75 Å². The highest BCUT2D eigenvalue weighted by molar-refractivity contribution is 5.94. The second kappa shape index (κ2) is 6.12. The van der Waals surface area contributed by atoms with Crippen LogP contribution >= 0.6 is 0 Å². The lowest BCUT2D eigenvalue weighted by molar-refractivity contribution is -0.141. The Morgan fingerprint density at radius 2 is 1.84 bits per heavy atom. The van der Waals surface area contributed by atoms with Crippen molar-refractivity contribution in [2.45, 2.75) is 13.3 Å². The largest absolute Gasteiger partial charge is 0.503 e. The lowest BCUT2D eigenvalue weighted by atomic mass is 10.1. The van der Waals surface area contributed by atoms with Gasteiger partial charge in [-0.15, -0.1) is 0 Å².